The van der Waals surface area contributed by atoms with Crippen LogP contribution in [0.5, 0.6) is 0 Å². The minimum absolute atomic E-state index is 0.348. The Morgan fingerprint density at radius 3 is 2.75 bits per heavy atom. The summed E-state index contributed by atoms with van der Waals surface area (Å²) < 4.78 is 10.6. The normalized spacial score (nSPS) is 22.7. The minimum atomic E-state index is -1.35. The van der Waals surface area contributed by atoms with Crippen LogP contribution in [0.25, 0.3) is 0 Å². The van der Waals surface area contributed by atoms with E-state index in [4.69, 9.17) is 15.2 Å². The fourth-order valence-corrected chi connectivity index (χ4v) is 3.18. The molecule has 0 saturated carbocycles. The molecule has 128 valence electrons. The van der Waals surface area contributed by atoms with E-state index in [9.17, 15) is 14.4 Å². The zero-order valence-electron chi connectivity index (χ0n) is 13.9. The van der Waals surface area contributed by atoms with Crippen molar-refractivity contribution < 1.29 is 23.9 Å². The van der Waals surface area contributed by atoms with Gasteiger partial charge in [0.05, 0.1) is 0 Å². The molecular formula is C17H20N2O5. The van der Waals surface area contributed by atoms with Gasteiger partial charge in [-0.1, -0.05) is 6.07 Å². The molecule has 1 saturated heterocycles. The molecule has 2 aliphatic rings. The first-order valence-electron chi connectivity index (χ1n) is 7.78. The summed E-state index contributed by atoms with van der Waals surface area (Å²) in [5, 5.41) is 0. The van der Waals surface area contributed by atoms with Gasteiger partial charge in [-0.15, -0.1) is 0 Å². The lowest BCUT2D eigenvalue weighted by Crippen LogP contribution is -2.41. The third-order valence-electron chi connectivity index (χ3n) is 4.09. The van der Waals surface area contributed by atoms with E-state index in [2.05, 4.69) is 0 Å². The van der Waals surface area contributed by atoms with Crippen molar-refractivity contribution in [2.24, 2.45) is 0 Å². The number of amides is 2. The Balaban J connectivity index is 1.85. The van der Waals surface area contributed by atoms with Crippen molar-refractivity contribution in [3.8, 4) is 0 Å². The van der Waals surface area contributed by atoms with Gasteiger partial charge in [-0.05, 0) is 44.9 Å². The molecule has 0 bridgehead atoms. The van der Waals surface area contributed by atoms with Gasteiger partial charge in [0.15, 0.2) is 0 Å². The highest BCUT2D eigenvalue weighted by molar-refractivity contribution is 6.06. The third kappa shape index (κ3) is 2.60. The molecule has 0 radical (unpaired) electrons. The maximum absolute atomic E-state index is 12.8. The number of nitrogen functional groups attached to an aromatic ring is 1. The van der Waals surface area contributed by atoms with Crippen LogP contribution in [0.3, 0.4) is 0 Å². The zero-order valence-corrected chi connectivity index (χ0v) is 13.9. The summed E-state index contributed by atoms with van der Waals surface area (Å²) in [6.45, 7) is 4.69. The minimum Gasteiger partial charge on any atom is -0.459 e. The molecule has 1 aromatic rings. The highest BCUT2D eigenvalue weighted by Gasteiger charge is 2.58. The molecule has 1 aromatic carbocycles. The second-order valence-corrected chi connectivity index (χ2v) is 7.09. The van der Waals surface area contributed by atoms with E-state index in [1.165, 1.54) is 0 Å². The van der Waals surface area contributed by atoms with Crippen molar-refractivity contribution in [2.45, 2.75) is 44.8 Å². The van der Waals surface area contributed by atoms with Crippen LogP contribution >= 0.6 is 0 Å². The fourth-order valence-electron chi connectivity index (χ4n) is 3.18. The number of carbonyl (C=O) groups is 3. The zero-order chi connectivity index (χ0) is 17.7. The summed E-state index contributed by atoms with van der Waals surface area (Å²) in [6.07, 6.45) is 0.108. The van der Waals surface area contributed by atoms with E-state index in [1.807, 2.05) is 0 Å². The number of nitrogens with zero attached hydrogens (tertiary/aromatic N) is 1. The number of aryl methyl sites for hydroxylation is 1. The lowest BCUT2D eigenvalue weighted by molar-refractivity contribution is -0.157. The number of carbonyl (C=O) groups excluding carboxylic acids is 3. The second kappa shape index (κ2) is 5.22. The van der Waals surface area contributed by atoms with Crippen LogP contribution in [0.1, 0.15) is 38.3 Å². The van der Waals surface area contributed by atoms with Gasteiger partial charge in [0.25, 0.3) is 5.91 Å². The van der Waals surface area contributed by atoms with E-state index >= 15 is 0 Å². The van der Waals surface area contributed by atoms with Gasteiger partial charge >= 0.3 is 12.1 Å². The number of benzene rings is 1. The quantitative estimate of drug-likeness (QED) is 0.654. The predicted molar refractivity (Wildman–Crippen MR) is 84.9 cm³/mol. The van der Waals surface area contributed by atoms with E-state index < -0.39 is 35.7 Å². The van der Waals surface area contributed by atoms with Gasteiger partial charge in [0.1, 0.15) is 12.1 Å². The van der Waals surface area contributed by atoms with Crippen LogP contribution in [-0.4, -0.2) is 35.0 Å². The van der Waals surface area contributed by atoms with Crippen LogP contribution in [0, 0.1) is 0 Å². The largest absolute Gasteiger partial charge is 0.459 e. The van der Waals surface area contributed by atoms with Crippen LogP contribution in [0.2, 0.25) is 0 Å². The number of rotatable bonds is 2. The molecule has 0 unspecified atom stereocenters. The molecule has 1 fully saturated rings. The number of ether oxygens (including phenoxy) is 2. The van der Waals surface area contributed by atoms with Crippen LogP contribution in [0.15, 0.2) is 18.2 Å². The van der Waals surface area contributed by atoms with Crippen LogP contribution in [-0.2, 0) is 31.1 Å². The molecule has 1 spiro atoms. The maximum Gasteiger partial charge on any atom is 0.418 e. The Hall–Kier alpha value is -2.57. The number of nitrogens with two attached hydrogens (primary N) is 1. The molecule has 7 nitrogen and oxygen atoms in total. The summed E-state index contributed by atoms with van der Waals surface area (Å²) in [7, 11) is 0. The predicted octanol–water partition coefficient (Wildman–Crippen LogP) is 1.73. The summed E-state index contributed by atoms with van der Waals surface area (Å²) in [4.78, 5) is 37.8. The average Bonchev–Trinajstić information content (AvgIpc) is 2.91. The SMILES string of the molecule is CC(C)(C)OC(=O)CN1C(=O)O[C@]2(CCc3cc(N)ccc32)C1=O. The van der Waals surface area contributed by atoms with Crippen molar-refractivity contribution in [1.82, 2.24) is 4.90 Å². The second-order valence-electron chi connectivity index (χ2n) is 7.09. The number of imide groups is 1. The highest BCUT2D eigenvalue weighted by atomic mass is 16.6. The third-order valence-corrected chi connectivity index (χ3v) is 4.09. The molecular weight excluding hydrogens is 312 g/mol. The Labute approximate surface area is 139 Å². The summed E-state index contributed by atoms with van der Waals surface area (Å²) in [5.74, 6) is -1.18. The Morgan fingerprint density at radius 2 is 2.08 bits per heavy atom. The number of hydrogen-bond acceptors (Lipinski definition) is 6. The first kappa shape index (κ1) is 16.3. The van der Waals surface area contributed by atoms with Gasteiger partial charge in [-0.25, -0.2) is 9.69 Å². The van der Waals surface area contributed by atoms with Crippen LogP contribution in [0.4, 0.5) is 10.5 Å². The average molecular weight is 332 g/mol. The van der Waals surface area contributed by atoms with E-state index in [0.29, 0.717) is 24.1 Å². The molecule has 2 amide bonds. The summed E-state index contributed by atoms with van der Waals surface area (Å²) in [6, 6.07) is 5.16. The van der Waals surface area contributed by atoms with Gasteiger partial charge in [-0.2, -0.15) is 0 Å². The lowest BCUT2D eigenvalue weighted by Gasteiger charge is -2.22. The monoisotopic (exact) mass is 332 g/mol. The number of fused-ring (bicyclic) bond motifs is 2. The molecule has 1 aliphatic carbocycles. The molecule has 24 heavy (non-hydrogen) atoms. The molecule has 1 heterocycles. The molecule has 1 atom stereocenters. The topological polar surface area (TPSA) is 98.9 Å². The van der Waals surface area contributed by atoms with Gasteiger partial charge in [0, 0.05) is 17.7 Å². The Kier molecular flexibility index (Phi) is 3.55. The summed E-state index contributed by atoms with van der Waals surface area (Å²) >= 11 is 0. The number of anilines is 1. The van der Waals surface area contributed by atoms with E-state index in [-0.39, 0.29) is 0 Å². The molecule has 0 aromatic heterocycles. The van der Waals surface area contributed by atoms with Crippen molar-refractivity contribution in [3.05, 3.63) is 29.3 Å². The standard InChI is InChI=1S/C17H20N2O5/c1-16(2,3)23-13(20)9-19-14(21)17(24-15(19)22)7-6-10-8-11(18)4-5-12(10)17/h4-5,8H,6-7,9,18H2,1-3H3/t17-/m0/s1. The molecule has 7 heteroatoms. The van der Waals surface area contributed by atoms with Gasteiger partial charge in [-0.3, -0.25) is 9.59 Å². The van der Waals surface area contributed by atoms with Crippen molar-refractivity contribution in [1.29, 1.82) is 0 Å². The van der Waals surface area contributed by atoms with E-state index in [0.717, 1.165) is 10.5 Å². The highest BCUT2D eigenvalue weighted by Crippen LogP contribution is 2.45. The van der Waals surface area contributed by atoms with E-state index in [1.54, 1.807) is 39.0 Å². The first-order valence-corrected chi connectivity index (χ1v) is 7.78. The van der Waals surface area contributed by atoms with Crippen molar-refractivity contribution >= 4 is 23.7 Å². The maximum atomic E-state index is 12.8. The van der Waals surface area contributed by atoms with Gasteiger partial charge in [0.2, 0.25) is 5.60 Å². The smallest absolute Gasteiger partial charge is 0.418 e. The van der Waals surface area contributed by atoms with Crippen molar-refractivity contribution in [2.75, 3.05) is 12.3 Å². The first-order chi connectivity index (χ1) is 11.1. The van der Waals surface area contributed by atoms with Crippen LogP contribution < -0.4 is 5.73 Å². The Morgan fingerprint density at radius 1 is 1.38 bits per heavy atom. The van der Waals surface area contributed by atoms with Gasteiger partial charge < -0.3 is 15.2 Å². The lowest BCUT2D eigenvalue weighted by atomic mass is 9.95. The number of esters is 1. The number of hydrogen-bond donors (Lipinski definition) is 1. The molecule has 1 aliphatic heterocycles. The molecule has 3 rings (SSSR count). The fraction of sp³-hybridized carbons (Fsp3) is 0.471. The summed E-state index contributed by atoms with van der Waals surface area (Å²) in [5.41, 5.74) is 5.84. The Bertz CT molecular complexity index is 737. The molecule has 2 N–H and O–H groups in total. The van der Waals surface area contributed by atoms with Crippen molar-refractivity contribution in [3.63, 3.8) is 0 Å².